The van der Waals surface area contributed by atoms with Crippen molar-refractivity contribution >= 4 is 5.69 Å². The molecular formula is C11H11NO. The smallest absolute Gasteiger partial charge is 0.133 e. The lowest BCUT2D eigenvalue weighted by atomic mass is 10.1. The van der Waals surface area contributed by atoms with Gasteiger partial charge in [-0.05, 0) is 24.3 Å². The molecule has 0 aliphatic carbocycles. The van der Waals surface area contributed by atoms with Crippen LogP contribution in [0, 0.1) is 0 Å². The predicted molar refractivity (Wildman–Crippen MR) is 53.7 cm³/mol. The first-order chi connectivity index (χ1) is 6.40. The second-order valence-corrected chi connectivity index (χ2v) is 2.81. The molecule has 13 heavy (non-hydrogen) atoms. The van der Waals surface area contributed by atoms with Crippen LogP contribution in [0.5, 0.6) is 0 Å². The summed E-state index contributed by atoms with van der Waals surface area (Å²) in [6, 6.07) is 11.9. The van der Waals surface area contributed by atoms with Crippen LogP contribution in [0.2, 0.25) is 0 Å². The van der Waals surface area contributed by atoms with Gasteiger partial charge in [0.05, 0.1) is 6.26 Å². The number of furan rings is 1. The first-order valence-electron chi connectivity index (χ1n) is 4.22. The first-order valence-corrected chi connectivity index (χ1v) is 4.22. The second kappa shape index (κ2) is 3.35. The molecule has 0 bridgehead atoms. The van der Waals surface area contributed by atoms with Crippen LogP contribution in [0.4, 0.5) is 5.69 Å². The van der Waals surface area contributed by atoms with E-state index in [1.54, 1.807) is 6.26 Å². The molecule has 1 aromatic carbocycles. The van der Waals surface area contributed by atoms with Crippen LogP contribution in [0.15, 0.2) is 47.1 Å². The van der Waals surface area contributed by atoms with Crippen molar-refractivity contribution in [2.24, 2.45) is 0 Å². The third kappa shape index (κ3) is 1.56. The second-order valence-electron chi connectivity index (χ2n) is 2.81. The zero-order chi connectivity index (χ0) is 9.10. The van der Waals surface area contributed by atoms with Gasteiger partial charge in [0.2, 0.25) is 0 Å². The Morgan fingerprint density at radius 1 is 1.15 bits per heavy atom. The number of nitrogens with one attached hydrogen (secondary N) is 1. The Hall–Kier alpha value is -1.70. The maximum atomic E-state index is 5.29. The molecular weight excluding hydrogens is 162 g/mol. The van der Waals surface area contributed by atoms with Crippen LogP contribution in [0.25, 0.3) is 11.3 Å². The predicted octanol–water partition coefficient (Wildman–Crippen LogP) is 2.99. The lowest BCUT2D eigenvalue weighted by Gasteiger charge is -2.01. The normalized spacial score (nSPS) is 9.92. The Balaban J connectivity index is 2.41. The van der Waals surface area contributed by atoms with Gasteiger partial charge in [0.15, 0.2) is 0 Å². The quantitative estimate of drug-likeness (QED) is 0.755. The lowest BCUT2D eigenvalue weighted by molar-refractivity contribution is 0.582. The fourth-order valence-electron chi connectivity index (χ4n) is 1.27. The van der Waals surface area contributed by atoms with Gasteiger partial charge in [0, 0.05) is 18.3 Å². The van der Waals surface area contributed by atoms with Gasteiger partial charge in [-0.3, -0.25) is 0 Å². The van der Waals surface area contributed by atoms with Gasteiger partial charge in [-0.1, -0.05) is 12.1 Å². The molecule has 0 saturated carbocycles. The Bertz CT molecular complexity index is 379. The van der Waals surface area contributed by atoms with Crippen LogP contribution >= 0.6 is 0 Å². The molecule has 0 unspecified atom stereocenters. The fourth-order valence-corrected chi connectivity index (χ4v) is 1.27. The van der Waals surface area contributed by atoms with E-state index in [2.05, 4.69) is 11.4 Å². The summed E-state index contributed by atoms with van der Waals surface area (Å²) in [6.45, 7) is 0. The SMILES string of the molecule is CNc1cccc(-c2ccco2)c1. The summed E-state index contributed by atoms with van der Waals surface area (Å²) in [5.74, 6) is 0.900. The van der Waals surface area contributed by atoms with E-state index in [0.717, 1.165) is 17.0 Å². The van der Waals surface area contributed by atoms with Gasteiger partial charge in [-0.15, -0.1) is 0 Å². The average Bonchev–Trinajstić information content (AvgIpc) is 2.71. The van der Waals surface area contributed by atoms with E-state index in [0.29, 0.717) is 0 Å². The van der Waals surface area contributed by atoms with Crippen LogP contribution in [0.3, 0.4) is 0 Å². The zero-order valence-electron chi connectivity index (χ0n) is 7.45. The lowest BCUT2D eigenvalue weighted by Crippen LogP contribution is -1.86. The molecule has 0 aliphatic rings. The molecule has 1 heterocycles. The van der Waals surface area contributed by atoms with Crippen LogP contribution in [0.1, 0.15) is 0 Å². The van der Waals surface area contributed by atoms with Crippen LogP contribution < -0.4 is 5.32 Å². The molecule has 0 amide bonds. The third-order valence-corrected chi connectivity index (χ3v) is 1.96. The highest BCUT2D eigenvalue weighted by atomic mass is 16.3. The number of hydrogen-bond acceptors (Lipinski definition) is 2. The molecule has 0 fully saturated rings. The highest BCUT2D eigenvalue weighted by Crippen LogP contribution is 2.22. The van der Waals surface area contributed by atoms with Crippen LogP contribution in [-0.4, -0.2) is 7.05 Å². The molecule has 0 radical (unpaired) electrons. The van der Waals surface area contributed by atoms with Crippen molar-refractivity contribution in [3.8, 4) is 11.3 Å². The third-order valence-electron chi connectivity index (χ3n) is 1.96. The van der Waals surface area contributed by atoms with E-state index < -0.39 is 0 Å². The van der Waals surface area contributed by atoms with Gasteiger partial charge in [0.25, 0.3) is 0 Å². The molecule has 2 nitrogen and oxygen atoms in total. The van der Waals surface area contributed by atoms with E-state index in [4.69, 9.17) is 4.42 Å². The van der Waals surface area contributed by atoms with Gasteiger partial charge in [0.1, 0.15) is 5.76 Å². The summed E-state index contributed by atoms with van der Waals surface area (Å²) in [7, 11) is 1.90. The number of anilines is 1. The molecule has 1 N–H and O–H groups in total. The number of benzene rings is 1. The van der Waals surface area contributed by atoms with Crippen molar-refractivity contribution < 1.29 is 4.42 Å². The van der Waals surface area contributed by atoms with Crippen LogP contribution in [-0.2, 0) is 0 Å². The van der Waals surface area contributed by atoms with Gasteiger partial charge < -0.3 is 9.73 Å². The minimum Gasteiger partial charge on any atom is -0.464 e. The molecule has 0 spiro atoms. The van der Waals surface area contributed by atoms with Crippen molar-refractivity contribution in [1.82, 2.24) is 0 Å². The van der Waals surface area contributed by atoms with Gasteiger partial charge in [-0.25, -0.2) is 0 Å². The van der Waals surface area contributed by atoms with E-state index >= 15 is 0 Å². The summed E-state index contributed by atoms with van der Waals surface area (Å²) >= 11 is 0. The topological polar surface area (TPSA) is 25.2 Å². The van der Waals surface area contributed by atoms with Gasteiger partial charge in [-0.2, -0.15) is 0 Å². The van der Waals surface area contributed by atoms with E-state index in [9.17, 15) is 0 Å². The molecule has 0 saturated heterocycles. The summed E-state index contributed by atoms with van der Waals surface area (Å²) in [4.78, 5) is 0. The highest BCUT2D eigenvalue weighted by Gasteiger charge is 1.99. The Labute approximate surface area is 77.2 Å². The molecule has 2 aromatic rings. The summed E-state index contributed by atoms with van der Waals surface area (Å²) in [5, 5.41) is 3.09. The standard InChI is InChI=1S/C11H11NO/c1-12-10-5-2-4-9(8-10)11-6-3-7-13-11/h2-8,12H,1H3. The summed E-state index contributed by atoms with van der Waals surface area (Å²) in [6.07, 6.45) is 1.68. The molecule has 66 valence electrons. The number of rotatable bonds is 2. The number of hydrogen-bond donors (Lipinski definition) is 1. The van der Waals surface area contributed by atoms with E-state index in [1.165, 1.54) is 0 Å². The van der Waals surface area contributed by atoms with Crippen molar-refractivity contribution in [2.75, 3.05) is 12.4 Å². The zero-order valence-corrected chi connectivity index (χ0v) is 7.45. The monoisotopic (exact) mass is 173 g/mol. The largest absolute Gasteiger partial charge is 0.464 e. The maximum Gasteiger partial charge on any atom is 0.133 e. The Morgan fingerprint density at radius 2 is 2.08 bits per heavy atom. The Kier molecular flexibility index (Phi) is 2.04. The van der Waals surface area contributed by atoms with Crippen molar-refractivity contribution in [2.45, 2.75) is 0 Å². The van der Waals surface area contributed by atoms with Crippen molar-refractivity contribution in [3.63, 3.8) is 0 Å². The van der Waals surface area contributed by atoms with Gasteiger partial charge >= 0.3 is 0 Å². The summed E-state index contributed by atoms with van der Waals surface area (Å²) in [5.41, 5.74) is 2.19. The molecule has 1 aromatic heterocycles. The van der Waals surface area contributed by atoms with E-state index in [-0.39, 0.29) is 0 Å². The minimum absolute atomic E-state index is 0.900. The molecule has 2 heteroatoms. The minimum atomic E-state index is 0.900. The molecule has 0 atom stereocenters. The van der Waals surface area contributed by atoms with E-state index in [1.807, 2.05) is 37.4 Å². The first kappa shape index (κ1) is 7.92. The fraction of sp³-hybridized carbons (Fsp3) is 0.0909. The molecule has 2 rings (SSSR count). The molecule has 0 aliphatic heterocycles. The highest BCUT2D eigenvalue weighted by molar-refractivity contribution is 5.63. The average molecular weight is 173 g/mol. The Morgan fingerprint density at radius 3 is 2.77 bits per heavy atom. The summed E-state index contributed by atoms with van der Waals surface area (Å²) < 4.78 is 5.29. The van der Waals surface area contributed by atoms with Crippen molar-refractivity contribution in [1.29, 1.82) is 0 Å². The van der Waals surface area contributed by atoms with Crippen molar-refractivity contribution in [3.05, 3.63) is 42.7 Å². The maximum absolute atomic E-state index is 5.29.